The van der Waals surface area contributed by atoms with Crippen LogP contribution >= 0.6 is 0 Å². The van der Waals surface area contributed by atoms with Crippen LogP contribution in [0.2, 0.25) is 0 Å². The normalized spacial score (nSPS) is 12.4. The van der Waals surface area contributed by atoms with Gasteiger partial charge >= 0.3 is 0 Å². The predicted molar refractivity (Wildman–Crippen MR) is 68.9 cm³/mol. The summed E-state index contributed by atoms with van der Waals surface area (Å²) < 4.78 is 0. The standard InChI is InChI=1S/C14H21N3/c1-9-11(13(2,3)4)17-10(8-15)12(16-9)14(5,6)7/h1-7H3. The van der Waals surface area contributed by atoms with Crippen LogP contribution in [0, 0.1) is 18.3 Å². The maximum atomic E-state index is 9.21. The Kier molecular flexibility index (Phi) is 3.29. The van der Waals surface area contributed by atoms with Crippen molar-refractivity contribution in [2.45, 2.75) is 59.3 Å². The maximum absolute atomic E-state index is 9.21. The molecule has 0 aliphatic heterocycles. The molecule has 0 amide bonds. The highest BCUT2D eigenvalue weighted by atomic mass is 14.9. The zero-order valence-corrected chi connectivity index (χ0v) is 11.8. The lowest BCUT2D eigenvalue weighted by atomic mass is 9.87. The van der Waals surface area contributed by atoms with Crippen molar-refractivity contribution in [3.63, 3.8) is 0 Å². The van der Waals surface area contributed by atoms with E-state index < -0.39 is 0 Å². The second-order valence-corrected chi connectivity index (χ2v) is 6.47. The monoisotopic (exact) mass is 231 g/mol. The maximum Gasteiger partial charge on any atom is 0.162 e. The molecule has 1 aromatic rings. The number of hydrogen-bond donors (Lipinski definition) is 0. The van der Waals surface area contributed by atoms with Gasteiger partial charge in [0.25, 0.3) is 0 Å². The van der Waals surface area contributed by atoms with Gasteiger partial charge in [-0.2, -0.15) is 5.26 Å². The van der Waals surface area contributed by atoms with Crippen molar-refractivity contribution in [1.29, 1.82) is 5.26 Å². The molecule has 0 aromatic carbocycles. The number of hydrogen-bond acceptors (Lipinski definition) is 3. The van der Waals surface area contributed by atoms with Crippen LogP contribution in [0.3, 0.4) is 0 Å². The topological polar surface area (TPSA) is 49.6 Å². The second-order valence-electron chi connectivity index (χ2n) is 6.47. The summed E-state index contributed by atoms with van der Waals surface area (Å²) in [5.74, 6) is 0. The van der Waals surface area contributed by atoms with Crippen molar-refractivity contribution in [2.75, 3.05) is 0 Å². The van der Waals surface area contributed by atoms with E-state index in [0.717, 1.165) is 17.1 Å². The van der Waals surface area contributed by atoms with E-state index in [0.29, 0.717) is 5.69 Å². The number of aryl methyl sites for hydroxylation is 1. The number of nitrogens with zero attached hydrogens (tertiary/aromatic N) is 3. The second kappa shape index (κ2) is 4.10. The molecular weight excluding hydrogens is 210 g/mol. The Balaban J connectivity index is 3.53. The van der Waals surface area contributed by atoms with E-state index >= 15 is 0 Å². The fourth-order valence-electron chi connectivity index (χ4n) is 1.83. The molecule has 1 heterocycles. The summed E-state index contributed by atoms with van der Waals surface area (Å²) in [7, 11) is 0. The van der Waals surface area contributed by atoms with Gasteiger partial charge in [0.1, 0.15) is 6.07 Å². The van der Waals surface area contributed by atoms with Crippen molar-refractivity contribution in [3.05, 3.63) is 22.8 Å². The Bertz CT molecular complexity index is 468. The molecule has 0 fully saturated rings. The minimum Gasteiger partial charge on any atom is -0.253 e. The lowest BCUT2D eigenvalue weighted by Gasteiger charge is -2.24. The summed E-state index contributed by atoms with van der Waals surface area (Å²) in [6.45, 7) is 14.4. The molecule has 0 unspecified atom stereocenters. The summed E-state index contributed by atoms with van der Waals surface area (Å²) in [4.78, 5) is 9.10. The number of aromatic nitrogens is 2. The molecule has 0 saturated carbocycles. The third-order valence-corrected chi connectivity index (χ3v) is 2.60. The molecule has 0 atom stereocenters. The van der Waals surface area contributed by atoms with Crippen LogP contribution in [-0.2, 0) is 10.8 Å². The molecule has 1 aromatic heterocycles. The van der Waals surface area contributed by atoms with Gasteiger partial charge in [0.2, 0.25) is 0 Å². The van der Waals surface area contributed by atoms with Gasteiger partial charge < -0.3 is 0 Å². The van der Waals surface area contributed by atoms with E-state index in [9.17, 15) is 5.26 Å². The van der Waals surface area contributed by atoms with Crippen LogP contribution in [0.4, 0.5) is 0 Å². The van der Waals surface area contributed by atoms with Gasteiger partial charge in [0.15, 0.2) is 5.69 Å². The largest absolute Gasteiger partial charge is 0.253 e. The Morgan fingerprint density at radius 2 is 1.35 bits per heavy atom. The zero-order valence-electron chi connectivity index (χ0n) is 11.8. The van der Waals surface area contributed by atoms with E-state index in [1.807, 2.05) is 27.7 Å². The molecule has 1 rings (SSSR count). The van der Waals surface area contributed by atoms with Crippen LogP contribution in [0.15, 0.2) is 0 Å². The van der Waals surface area contributed by atoms with Crippen LogP contribution in [0.5, 0.6) is 0 Å². The van der Waals surface area contributed by atoms with E-state index in [4.69, 9.17) is 0 Å². The highest BCUT2D eigenvalue weighted by Crippen LogP contribution is 2.28. The summed E-state index contributed by atoms with van der Waals surface area (Å²) in [6, 6.07) is 2.17. The molecule has 0 radical (unpaired) electrons. The van der Waals surface area contributed by atoms with E-state index in [2.05, 4.69) is 36.8 Å². The van der Waals surface area contributed by atoms with Crippen molar-refractivity contribution >= 4 is 0 Å². The van der Waals surface area contributed by atoms with Crippen molar-refractivity contribution < 1.29 is 0 Å². The first-order valence-corrected chi connectivity index (χ1v) is 5.87. The third-order valence-electron chi connectivity index (χ3n) is 2.60. The van der Waals surface area contributed by atoms with Crippen molar-refractivity contribution in [1.82, 2.24) is 9.97 Å². The molecule has 0 aliphatic carbocycles. The fourth-order valence-corrected chi connectivity index (χ4v) is 1.83. The van der Waals surface area contributed by atoms with Crippen LogP contribution in [-0.4, -0.2) is 9.97 Å². The average Bonchev–Trinajstić information content (AvgIpc) is 2.14. The smallest absolute Gasteiger partial charge is 0.162 e. The molecule has 0 saturated heterocycles. The van der Waals surface area contributed by atoms with Gasteiger partial charge in [-0.1, -0.05) is 41.5 Å². The predicted octanol–water partition coefficient (Wildman–Crippen LogP) is 3.25. The van der Waals surface area contributed by atoms with Gasteiger partial charge in [0.05, 0.1) is 17.1 Å². The summed E-state index contributed by atoms with van der Waals surface area (Å²) in [5.41, 5.74) is 2.82. The highest BCUT2D eigenvalue weighted by molar-refractivity contribution is 5.35. The Hall–Kier alpha value is -1.43. The van der Waals surface area contributed by atoms with Crippen molar-refractivity contribution in [3.8, 4) is 6.07 Å². The molecule has 0 N–H and O–H groups in total. The Labute approximate surface area is 104 Å². The highest BCUT2D eigenvalue weighted by Gasteiger charge is 2.26. The lowest BCUT2D eigenvalue weighted by molar-refractivity contribution is 0.530. The van der Waals surface area contributed by atoms with Crippen molar-refractivity contribution in [2.24, 2.45) is 0 Å². The quantitative estimate of drug-likeness (QED) is 0.688. The van der Waals surface area contributed by atoms with Gasteiger partial charge in [0, 0.05) is 10.8 Å². The average molecular weight is 231 g/mol. The summed E-state index contributed by atoms with van der Waals surface area (Å²) >= 11 is 0. The van der Waals surface area contributed by atoms with Crippen LogP contribution in [0.1, 0.15) is 64.3 Å². The SMILES string of the molecule is Cc1nc(C(C)(C)C)c(C#N)nc1C(C)(C)C. The van der Waals surface area contributed by atoms with Crippen LogP contribution in [0.25, 0.3) is 0 Å². The molecule has 0 bridgehead atoms. The molecule has 0 aliphatic rings. The van der Waals surface area contributed by atoms with Crippen LogP contribution < -0.4 is 0 Å². The van der Waals surface area contributed by atoms with Gasteiger partial charge in [-0.15, -0.1) is 0 Å². The minimum absolute atomic E-state index is 0.0842. The molecule has 17 heavy (non-hydrogen) atoms. The third kappa shape index (κ3) is 2.82. The molecule has 3 nitrogen and oxygen atoms in total. The van der Waals surface area contributed by atoms with Gasteiger partial charge in [-0.05, 0) is 6.92 Å². The molecule has 0 spiro atoms. The summed E-state index contributed by atoms with van der Waals surface area (Å²) in [5, 5.41) is 9.21. The van der Waals surface area contributed by atoms with E-state index in [1.165, 1.54) is 0 Å². The first-order chi connectivity index (χ1) is 7.57. The van der Waals surface area contributed by atoms with Gasteiger partial charge in [-0.3, -0.25) is 4.98 Å². The molecular formula is C14H21N3. The van der Waals surface area contributed by atoms with Gasteiger partial charge in [-0.25, -0.2) is 4.98 Å². The molecule has 92 valence electrons. The Morgan fingerprint density at radius 1 is 0.882 bits per heavy atom. The number of rotatable bonds is 0. The first-order valence-electron chi connectivity index (χ1n) is 5.87. The van der Waals surface area contributed by atoms with E-state index in [-0.39, 0.29) is 10.8 Å². The Morgan fingerprint density at radius 3 is 1.71 bits per heavy atom. The minimum atomic E-state index is -0.154. The fraction of sp³-hybridized carbons (Fsp3) is 0.643. The zero-order chi connectivity index (χ0) is 13.4. The number of nitriles is 1. The summed E-state index contributed by atoms with van der Waals surface area (Å²) in [6.07, 6.45) is 0. The lowest BCUT2D eigenvalue weighted by Crippen LogP contribution is -2.23. The molecule has 3 heteroatoms. The van der Waals surface area contributed by atoms with E-state index in [1.54, 1.807) is 0 Å². The first kappa shape index (κ1) is 13.6.